The molecule has 0 saturated heterocycles. The van der Waals surface area contributed by atoms with Gasteiger partial charge in [0.05, 0.1) is 6.61 Å². The summed E-state index contributed by atoms with van der Waals surface area (Å²) >= 11 is 0. The lowest BCUT2D eigenvalue weighted by Crippen LogP contribution is -2.21. The minimum atomic E-state index is 0.578. The second kappa shape index (κ2) is 9.85. The molecule has 0 aromatic heterocycles. The van der Waals surface area contributed by atoms with E-state index in [1.54, 1.807) is 0 Å². The first-order valence-corrected chi connectivity index (χ1v) is 7.65. The van der Waals surface area contributed by atoms with Crippen molar-refractivity contribution in [2.24, 2.45) is 0 Å². The largest absolute Gasteiger partial charge is 0.494 e. The Balaban J connectivity index is 2.23. The highest BCUT2D eigenvalue weighted by Gasteiger charge is 2.00. The second-order valence-corrected chi connectivity index (χ2v) is 5.28. The molecule has 0 saturated carbocycles. The van der Waals surface area contributed by atoms with Gasteiger partial charge < -0.3 is 10.1 Å². The lowest BCUT2D eigenvalue weighted by atomic mass is 10.1. The van der Waals surface area contributed by atoms with Crippen molar-refractivity contribution < 1.29 is 4.74 Å². The quantitative estimate of drug-likeness (QED) is 0.639. The number of hydrogen-bond donors (Lipinski definition) is 1. The van der Waals surface area contributed by atoms with Crippen molar-refractivity contribution in [3.63, 3.8) is 0 Å². The van der Waals surface area contributed by atoms with Crippen LogP contribution in [0.1, 0.15) is 51.5 Å². The average molecular weight is 263 g/mol. The molecule has 0 bridgehead atoms. The van der Waals surface area contributed by atoms with Crippen LogP contribution in [0.5, 0.6) is 5.75 Å². The van der Waals surface area contributed by atoms with Gasteiger partial charge in [-0.2, -0.15) is 0 Å². The van der Waals surface area contributed by atoms with Crippen molar-refractivity contribution in [2.75, 3.05) is 13.7 Å². The third-order valence-electron chi connectivity index (χ3n) is 3.55. The summed E-state index contributed by atoms with van der Waals surface area (Å²) in [5, 5.41) is 3.27. The molecule has 0 heterocycles. The maximum absolute atomic E-state index is 5.74. The predicted molar refractivity (Wildman–Crippen MR) is 82.9 cm³/mol. The van der Waals surface area contributed by atoms with E-state index < -0.39 is 0 Å². The Morgan fingerprint density at radius 1 is 1.11 bits per heavy atom. The van der Waals surface area contributed by atoms with Crippen LogP contribution in [0.3, 0.4) is 0 Å². The fraction of sp³-hybridized carbons (Fsp3) is 0.647. The summed E-state index contributed by atoms with van der Waals surface area (Å²) in [6.07, 6.45) is 7.32. The van der Waals surface area contributed by atoms with Crippen LogP contribution < -0.4 is 10.1 Å². The van der Waals surface area contributed by atoms with Crippen LogP contribution in [-0.2, 0) is 6.42 Å². The molecule has 1 atom stereocenters. The Labute approximate surface area is 118 Å². The van der Waals surface area contributed by atoms with Crippen LogP contribution in [0.25, 0.3) is 0 Å². The van der Waals surface area contributed by atoms with E-state index in [-0.39, 0.29) is 0 Å². The van der Waals surface area contributed by atoms with E-state index in [1.807, 2.05) is 7.05 Å². The molecular formula is C17H29NO. The molecule has 19 heavy (non-hydrogen) atoms. The van der Waals surface area contributed by atoms with E-state index in [9.17, 15) is 0 Å². The van der Waals surface area contributed by atoms with Crippen molar-refractivity contribution >= 4 is 0 Å². The zero-order chi connectivity index (χ0) is 13.9. The van der Waals surface area contributed by atoms with Gasteiger partial charge in [0.2, 0.25) is 0 Å². The van der Waals surface area contributed by atoms with E-state index in [1.165, 1.54) is 31.2 Å². The van der Waals surface area contributed by atoms with Crippen molar-refractivity contribution in [3.8, 4) is 5.75 Å². The standard InChI is InChI=1S/C17H29NO/c1-4-5-6-7-14-19-17-12-10-16(11-13-17)9-8-15(2)18-3/h10-13,15,18H,4-9,14H2,1-3H3. The number of unbranched alkanes of at least 4 members (excludes halogenated alkanes) is 3. The molecule has 108 valence electrons. The van der Waals surface area contributed by atoms with Crippen molar-refractivity contribution in [1.29, 1.82) is 0 Å². The van der Waals surface area contributed by atoms with Crippen molar-refractivity contribution in [1.82, 2.24) is 5.32 Å². The van der Waals surface area contributed by atoms with E-state index >= 15 is 0 Å². The van der Waals surface area contributed by atoms with E-state index in [4.69, 9.17) is 4.74 Å². The maximum atomic E-state index is 5.74. The molecule has 2 heteroatoms. The average Bonchev–Trinajstić information content (AvgIpc) is 2.45. The molecule has 1 N–H and O–H groups in total. The van der Waals surface area contributed by atoms with Crippen molar-refractivity contribution in [2.45, 2.75) is 58.4 Å². The molecular weight excluding hydrogens is 234 g/mol. The first kappa shape index (κ1) is 16.0. The molecule has 0 aliphatic carbocycles. The number of benzene rings is 1. The first-order valence-electron chi connectivity index (χ1n) is 7.65. The molecule has 1 aromatic rings. The van der Waals surface area contributed by atoms with E-state index in [0.29, 0.717) is 6.04 Å². The van der Waals surface area contributed by atoms with Crippen LogP contribution in [0.15, 0.2) is 24.3 Å². The normalized spacial score (nSPS) is 12.4. The molecule has 0 fully saturated rings. The highest BCUT2D eigenvalue weighted by atomic mass is 16.5. The Hall–Kier alpha value is -1.02. The van der Waals surface area contributed by atoms with Gasteiger partial charge in [-0.3, -0.25) is 0 Å². The number of aryl methyl sites for hydroxylation is 1. The third kappa shape index (κ3) is 7.22. The fourth-order valence-electron chi connectivity index (χ4n) is 2.00. The van der Waals surface area contributed by atoms with Crippen LogP contribution >= 0.6 is 0 Å². The Morgan fingerprint density at radius 3 is 2.47 bits per heavy atom. The molecule has 0 aliphatic heterocycles. The van der Waals surface area contributed by atoms with Crippen molar-refractivity contribution in [3.05, 3.63) is 29.8 Å². The van der Waals surface area contributed by atoms with Crippen LogP contribution in [0.4, 0.5) is 0 Å². The van der Waals surface area contributed by atoms with Gasteiger partial charge in [0.25, 0.3) is 0 Å². The van der Waals surface area contributed by atoms with Crippen LogP contribution in [-0.4, -0.2) is 19.7 Å². The Kier molecular flexibility index (Phi) is 8.31. The minimum absolute atomic E-state index is 0.578. The van der Waals surface area contributed by atoms with Gasteiger partial charge in [-0.15, -0.1) is 0 Å². The molecule has 0 radical (unpaired) electrons. The van der Waals surface area contributed by atoms with Crippen LogP contribution in [0.2, 0.25) is 0 Å². The maximum Gasteiger partial charge on any atom is 0.119 e. The van der Waals surface area contributed by atoms with Gasteiger partial charge in [0.15, 0.2) is 0 Å². The number of hydrogen-bond acceptors (Lipinski definition) is 2. The number of ether oxygens (including phenoxy) is 1. The molecule has 0 spiro atoms. The van der Waals surface area contributed by atoms with Gasteiger partial charge >= 0.3 is 0 Å². The molecule has 1 aromatic carbocycles. The topological polar surface area (TPSA) is 21.3 Å². The smallest absolute Gasteiger partial charge is 0.119 e. The zero-order valence-corrected chi connectivity index (χ0v) is 12.7. The van der Waals surface area contributed by atoms with Gasteiger partial charge in [-0.1, -0.05) is 38.3 Å². The highest BCUT2D eigenvalue weighted by molar-refractivity contribution is 5.27. The minimum Gasteiger partial charge on any atom is -0.494 e. The zero-order valence-electron chi connectivity index (χ0n) is 12.7. The third-order valence-corrected chi connectivity index (χ3v) is 3.55. The Bertz CT molecular complexity index is 321. The van der Waals surface area contributed by atoms with E-state index in [0.717, 1.165) is 25.2 Å². The summed E-state index contributed by atoms with van der Waals surface area (Å²) in [5.41, 5.74) is 1.39. The summed E-state index contributed by atoms with van der Waals surface area (Å²) in [6, 6.07) is 9.14. The predicted octanol–water partition coefficient (Wildman–Crippen LogP) is 4.19. The fourth-order valence-corrected chi connectivity index (χ4v) is 2.00. The lowest BCUT2D eigenvalue weighted by Gasteiger charge is -2.10. The van der Waals surface area contributed by atoms with Gasteiger partial charge in [-0.05, 0) is 50.9 Å². The molecule has 0 aliphatic rings. The summed E-state index contributed by atoms with van der Waals surface area (Å²) in [5.74, 6) is 1.00. The van der Waals surface area contributed by atoms with Crippen LogP contribution in [0, 0.1) is 0 Å². The first-order chi connectivity index (χ1) is 9.26. The van der Waals surface area contributed by atoms with Gasteiger partial charge in [0.1, 0.15) is 5.75 Å². The lowest BCUT2D eigenvalue weighted by molar-refractivity contribution is 0.305. The van der Waals surface area contributed by atoms with Gasteiger partial charge in [0, 0.05) is 6.04 Å². The number of nitrogens with one attached hydrogen (secondary N) is 1. The van der Waals surface area contributed by atoms with Gasteiger partial charge in [-0.25, -0.2) is 0 Å². The summed E-state index contributed by atoms with van der Waals surface area (Å²) < 4.78 is 5.74. The monoisotopic (exact) mass is 263 g/mol. The molecule has 0 amide bonds. The Morgan fingerprint density at radius 2 is 1.84 bits per heavy atom. The molecule has 1 rings (SSSR count). The molecule has 1 unspecified atom stereocenters. The van der Waals surface area contributed by atoms with E-state index in [2.05, 4.69) is 43.4 Å². The molecule has 2 nitrogen and oxygen atoms in total. The second-order valence-electron chi connectivity index (χ2n) is 5.28. The summed E-state index contributed by atoms with van der Waals surface area (Å²) in [6.45, 7) is 5.29. The highest BCUT2D eigenvalue weighted by Crippen LogP contribution is 2.14. The summed E-state index contributed by atoms with van der Waals surface area (Å²) in [7, 11) is 2.01. The SMILES string of the molecule is CCCCCCOc1ccc(CCC(C)NC)cc1. The summed E-state index contributed by atoms with van der Waals surface area (Å²) in [4.78, 5) is 0. The number of rotatable bonds is 10.